The Balaban J connectivity index is 1.59. The SMILES string of the molecule is C=CCOCc1nc2c(S(=O)(=O)c3ccccc3)nc3[nH]ccc3c2n1C1CCC(O[Si](C)(C)C(C)(C)C)CC1. The highest BCUT2D eigenvalue weighted by atomic mass is 32.2. The third kappa shape index (κ3) is 5.29. The predicted molar refractivity (Wildman–Crippen MR) is 161 cm³/mol. The second-order valence-corrected chi connectivity index (χ2v) is 18.8. The van der Waals surface area contributed by atoms with Gasteiger partial charge in [0.15, 0.2) is 13.3 Å². The van der Waals surface area contributed by atoms with Crippen molar-refractivity contribution in [2.75, 3.05) is 6.61 Å². The number of pyridine rings is 1. The molecule has 3 aromatic heterocycles. The molecule has 0 amide bonds. The molecule has 1 aliphatic rings. The summed E-state index contributed by atoms with van der Waals surface area (Å²) in [6, 6.07) is 10.5. The van der Waals surface area contributed by atoms with E-state index < -0.39 is 18.2 Å². The van der Waals surface area contributed by atoms with Gasteiger partial charge in [-0.2, -0.15) is 0 Å². The smallest absolute Gasteiger partial charge is 0.226 e. The minimum Gasteiger partial charge on any atom is -0.414 e. The zero-order chi connectivity index (χ0) is 28.7. The molecule has 0 aliphatic heterocycles. The molecule has 3 heterocycles. The number of imidazole rings is 1. The molecule has 0 atom stereocenters. The van der Waals surface area contributed by atoms with Gasteiger partial charge < -0.3 is 18.7 Å². The Morgan fingerprint density at radius 3 is 2.45 bits per heavy atom. The van der Waals surface area contributed by atoms with Gasteiger partial charge >= 0.3 is 0 Å². The van der Waals surface area contributed by atoms with E-state index in [1.165, 1.54) is 0 Å². The van der Waals surface area contributed by atoms with Crippen LogP contribution in [0.25, 0.3) is 22.1 Å². The van der Waals surface area contributed by atoms with Crippen LogP contribution in [0.2, 0.25) is 18.1 Å². The molecule has 1 saturated carbocycles. The number of nitrogens with zero attached hydrogens (tertiary/aromatic N) is 3. The van der Waals surface area contributed by atoms with Crippen molar-refractivity contribution in [3.8, 4) is 0 Å². The summed E-state index contributed by atoms with van der Waals surface area (Å²) in [4.78, 5) is 12.8. The molecule has 1 fully saturated rings. The normalized spacial score (nSPS) is 18.9. The topological polar surface area (TPSA) is 99.1 Å². The van der Waals surface area contributed by atoms with Gasteiger partial charge in [-0.25, -0.2) is 18.4 Å². The maximum absolute atomic E-state index is 13.8. The minimum absolute atomic E-state index is 0.0395. The molecule has 1 N–H and O–H groups in total. The molecule has 40 heavy (non-hydrogen) atoms. The summed E-state index contributed by atoms with van der Waals surface area (Å²) in [7, 11) is -5.79. The van der Waals surface area contributed by atoms with Crippen molar-refractivity contribution in [3.05, 3.63) is 61.1 Å². The van der Waals surface area contributed by atoms with Crippen LogP contribution in [0.15, 0.2) is 65.2 Å². The molecule has 10 heteroatoms. The lowest BCUT2D eigenvalue weighted by Crippen LogP contribution is -2.44. The van der Waals surface area contributed by atoms with Gasteiger partial charge in [0.2, 0.25) is 9.84 Å². The van der Waals surface area contributed by atoms with Gasteiger partial charge in [-0.3, -0.25) is 0 Å². The van der Waals surface area contributed by atoms with Crippen LogP contribution in [0.5, 0.6) is 0 Å². The maximum Gasteiger partial charge on any atom is 0.226 e. The van der Waals surface area contributed by atoms with Crippen molar-refractivity contribution in [1.29, 1.82) is 0 Å². The fourth-order valence-electron chi connectivity index (χ4n) is 5.33. The number of nitrogens with one attached hydrogen (secondary N) is 1. The quantitative estimate of drug-likeness (QED) is 0.131. The number of ether oxygens (including phenoxy) is 1. The van der Waals surface area contributed by atoms with Crippen molar-refractivity contribution >= 4 is 40.2 Å². The van der Waals surface area contributed by atoms with E-state index in [0.717, 1.165) is 36.6 Å². The summed E-state index contributed by atoms with van der Waals surface area (Å²) in [6.07, 6.45) is 7.44. The van der Waals surface area contributed by atoms with Gasteiger partial charge in [0.1, 0.15) is 23.6 Å². The van der Waals surface area contributed by atoms with Crippen LogP contribution in [-0.2, 0) is 25.6 Å². The van der Waals surface area contributed by atoms with E-state index in [0.29, 0.717) is 23.6 Å². The molecular weight excluding hydrogens is 541 g/mol. The third-order valence-electron chi connectivity index (χ3n) is 8.43. The predicted octanol–water partition coefficient (Wildman–Crippen LogP) is 6.95. The van der Waals surface area contributed by atoms with Gasteiger partial charge in [-0.15, -0.1) is 6.58 Å². The molecule has 0 unspecified atom stereocenters. The summed E-state index contributed by atoms with van der Waals surface area (Å²) in [5, 5.41) is 0.972. The van der Waals surface area contributed by atoms with Crippen molar-refractivity contribution in [1.82, 2.24) is 19.5 Å². The van der Waals surface area contributed by atoms with Crippen LogP contribution in [0.3, 0.4) is 0 Å². The molecule has 1 aromatic carbocycles. The number of aromatic nitrogens is 4. The van der Waals surface area contributed by atoms with E-state index >= 15 is 0 Å². The van der Waals surface area contributed by atoms with Gasteiger partial charge in [0.05, 0.1) is 17.0 Å². The Morgan fingerprint density at radius 1 is 1.10 bits per heavy atom. The Morgan fingerprint density at radius 2 is 1.80 bits per heavy atom. The zero-order valence-corrected chi connectivity index (χ0v) is 25.9. The fraction of sp³-hybridized carbons (Fsp3) is 0.467. The molecule has 214 valence electrons. The first kappa shape index (κ1) is 28.7. The van der Waals surface area contributed by atoms with Gasteiger partial charge in [-0.1, -0.05) is 45.0 Å². The molecule has 4 aromatic rings. The molecule has 1 aliphatic carbocycles. The molecule has 0 spiro atoms. The van der Waals surface area contributed by atoms with Crippen molar-refractivity contribution < 1.29 is 17.6 Å². The van der Waals surface area contributed by atoms with Gasteiger partial charge in [0, 0.05) is 23.7 Å². The summed E-state index contributed by atoms with van der Waals surface area (Å²) in [6.45, 7) is 15.8. The first-order chi connectivity index (χ1) is 18.9. The molecule has 0 saturated heterocycles. The first-order valence-corrected chi connectivity index (χ1v) is 18.4. The zero-order valence-electron chi connectivity index (χ0n) is 24.1. The van der Waals surface area contributed by atoms with Crippen LogP contribution in [-0.4, -0.2) is 49.0 Å². The monoisotopic (exact) mass is 580 g/mol. The lowest BCUT2D eigenvalue weighted by Gasteiger charge is -2.41. The van der Waals surface area contributed by atoms with Crippen LogP contribution in [0.4, 0.5) is 0 Å². The van der Waals surface area contributed by atoms with E-state index in [-0.39, 0.29) is 33.7 Å². The number of H-pyrrole nitrogens is 1. The Hall–Kier alpha value is -2.79. The van der Waals surface area contributed by atoms with Crippen LogP contribution >= 0.6 is 0 Å². The number of rotatable bonds is 9. The average Bonchev–Trinajstić information content (AvgIpc) is 3.53. The van der Waals surface area contributed by atoms with Crippen molar-refractivity contribution in [2.45, 2.75) is 93.3 Å². The first-order valence-electron chi connectivity index (χ1n) is 14.0. The fourth-order valence-corrected chi connectivity index (χ4v) is 8.10. The van der Waals surface area contributed by atoms with E-state index in [1.54, 1.807) is 42.6 Å². The Kier molecular flexibility index (Phi) is 7.82. The number of hydrogen-bond acceptors (Lipinski definition) is 6. The second kappa shape index (κ2) is 10.9. The van der Waals surface area contributed by atoms with E-state index in [1.807, 2.05) is 6.07 Å². The molecule has 8 nitrogen and oxygen atoms in total. The van der Waals surface area contributed by atoms with Crippen molar-refractivity contribution in [3.63, 3.8) is 0 Å². The maximum atomic E-state index is 13.8. The summed E-state index contributed by atoms with van der Waals surface area (Å²) < 4.78 is 42.5. The number of fused-ring (bicyclic) bond motifs is 3. The molecular formula is C30H40N4O4SSi. The lowest BCUT2D eigenvalue weighted by molar-refractivity contribution is 0.111. The summed E-state index contributed by atoms with van der Waals surface area (Å²) in [5.74, 6) is 0.700. The standard InChI is InChI=1S/C30H40N4O4SSi/c1-7-19-37-20-25-32-26-27(34(25)21-13-15-22(16-14-21)38-40(5,6)30(2,3)4)24-17-18-31-28(24)33-29(26)39(35,36)23-11-9-8-10-12-23/h7-12,17-18,21-22H,1,13-16,19-20H2,2-6H3,(H,31,33). The number of hydrogen-bond donors (Lipinski definition) is 1. The van der Waals surface area contributed by atoms with Crippen LogP contribution < -0.4 is 0 Å². The number of benzene rings is 1. The highest BCUT2D eigenvalue weighted by Crippen LogP contribution is 2.42. The molecule has 0 bridgehead atoms. The van der Waals surface area contributed by atoms with Crippen LogP contribution in [0, 0.1) is 0 Å². The lowest BCUT2D eigenvalue weighted by atomic mass is 9.92. The number of sulfone groups is 1. The largest absolute Gasteiger partial charge is 0.414 e. The second-order valence-electron chi connectivity index (χ2n) is 12.2. The van der Waals surface area contributed by atoms with Gasteiger partial charge in [0.25, 0.3) is 0 Å². The molecule has 5 rings (SSSR count). The van der Waals surface area contributed by atoms with E-state index in [4.69, 9.17) is 14.1 Å². The highest BCUT2D eigenvalue weighted by Gasteiger charge is 2.40. The average molecular weight is 581 g/mol. The van der Waals surface area contributed by atoms with Gasteiger partial charge in [-0.05, 0) is 62.0 Å². The van der Waals surface area contributed by atoms with E-state index in [9.17, 15) is 8.42 Å². The highest BCUT2D eigenvalue weighted by molar-refractivity contribution is 7.91. The minimum atomic E-state index is -3.92. The summed E-state index contributed by atoms with van der Waals surface area (Å²) in [5.41, 5.74) is 1.69. The Bertz CT molecular complexity index is 1610. The Labute approximate surface area is 237 Å². The number of aromatic amines is 1. The van der Waals surface area contributed by atoms with E-state index in [2.05, 4.69) is 55.0 Å². The summed E-state index contributed by atoms with van der Waals surface area (Å²) >= 11 is 0. The van der Waals surface area contributed by atoms with Crippen LogP contribution in [0.1, 0.15) is 58.3 Å². The molecule has 0 radical (unpaired) electrons. The third-order valence-corrected chi connectivity index (χ3v) is 14.7. The van der Waals surface area contributed by atoms with Crippen molar-refractivity contribution in [2.24, 2.45) is 0 Å².